The summed E-state index contributed by atoms with van der Waals surface area (Å²) in [4.78, 5) is 26.3. The first-order valence-electron chi connectivity index (χ1n) is 8.59. The summed E-state index contributed by atoms with van der Waals surface area (Å²) in [6.45, 7) is 1.29. The number of nitrogens with zero attached hydrogens (tertiary/aromatic N) is 2. The molecule has 0 unspecified atom stereocenters. The summed E-state index contributed by atoms with van der Waals surface area (Å²) in [7, 11) is 0. The van der Waals surface area contributed by atoms with Crippen LogP contribution in [-0.2, 0) is 9.53 Å². The second kappa shape index (κ2) is 8.35. The van der Waals surface area contributed by atoms with Gasteiger partial charge >= 0.3 is 5.97 Å². The van der Waals surface area contributed by atoms with Crippen molar-refractivity contribution in [1.82, 2.24) is 0 Å². The lowest BCUT2D eigenvalue weighted by atomic mass is 10.1. The number of rotatable bonds is 6. The van der Waals surface area contributed by atoms with Crippen molar-refractivity contribution in [2.45, 2.75) is 13.3 Å². The van der Waals surface area contributed by atoms with E-state index in [0.717, 1.165) is 0 Å². The van der Waals surface area contributed by atoms with Gasteiger partial charge in [0.15, 0.2) is 6.61 Å². The Morgan fingerprint density at radius 1 is 1.21 bits per heavy atom. The Morgan fingerprint density at radius 3 is 2.68 bits per heavy atom. The third-order valence-corrected chi connectivity index (χ3v) is 4.23. The van der Waals surface area contributed by atoms with E-state index in [1.54, 1.807) is 31.2 Å². The third kappa shape index (κ3) is 4.01. The second-order valence-electron chi connectivity index (χ2n) is 6.06. The molecule has 2 aromatic carbocycles. The van der Waals surface area contributed by atoms with Gasteiger partial charge in [-0.3, -0.25) is 4.79 Å². The van der Waals surface area contributed by atoms with Crippen molar-refractivity contribution >= 4 is 28.5 Å². The normalized spacial score (nSPS) is 10.5. The molecule has 1 amide bonds. The smallest absolute Gasteiger partial charge is 0.375 e. The summed E-state index contributed by atoms with van der Waals surface area (Å²) < 4.78 is 24.0. The molecule has 142 valence electrons. The number of ether oxygens (including phenoxy) is 1. The molecular weight excluding hydrogens is 363 g/mol. The van der Waals surface area contributed by atoms with Crippen LogP contribution in [0, 0.1) is 24.1 Å². The number of fused-ring (bicyclic) bond motifs is 1. The number of benzene rings is 2. The van der Waals surface area contributed by atoms with Crippen LogP contribution in [0.25, 0.3) is 11.0 Å². The third-order valence-electron chi connectivity index (χ3n) is 4.23. The molecule has 3 aromatic rings. The zero-order chi connectivity index (χ0) is 20.1. The fourth-order valence-electron chi connectivity index (χ4n) is 2.83. The van der Waals surface area contributed by atoms with Crippen molar-refractivity contribution in [3.8, 4) is 6.07 Å². The first-order chi connectivity index (χ1) is 13.5. The molecule has 0 bridgehead atoms. The Hall–Kier alpha value is -3.66. The molecule has 7 heteroatoms. The molecule has 1 heterocycles. The quantitative estimate of drug-likeness (QED) is 0.604. The van der Waals surface area contributed by atoms with Gasteiger partial charge in [0.1, 0.15) is 11.4 Å². The highest BCUT2D eigenvalue weighted by atomic mass is 19.1. The minimum Gasteiger partial charge on any atom is -0.450 e. The number of carbonyl (C=O) groups is 2. The average Bonchev–Trinajstić information content (AvgIpc) is 3.03. The number of hydrogen-bond donors (Lipinski definition) is 0. The Morgan fingerprint density at radius 2 is 1.96 bits per heavy atom. The Balaban J connectivity index is 1.73. The lowest BCUT2D eigenvalue weighted by molar-refractivity contribution is -0.121. The van der Waals surface area contributed by atoms with Gasteiger partial charge in [0, 0.05) is 23.2 Å². The SMILES string of the molecule is Cc1c(C(=O)OCC(=O)N(CCC#N)c2ccccc2)oc2ccc(F)cc12. The maximum atomic E-state index is 13.4. The lowest BCUT2D eigenvalue weighted by Gasteiger charge is -2.21. The number of furan rings is 1. The van der Waals surface area contributed by atoms with Crippen LogP contribution in [0.1, 0.15) is 22.5 Å². The summed E-state index contributed by atoms with van der Waals surface area (Å²) in [5, 5.41) is 9.29. The van der Waals surface area contributed by atoms with Crippen LogP contribution in [0.3, 0.4) is 0 Å². The molecule has 0 spiro atoms. The number of amides is 1. The molecule has 1 aromatic heterocycles. The van der Waals surface area contributed by atoms with E-state index in [1.807, 2.05) is 12.1 Å². The van der Waals surface area contributed by atoms with E-state index in [4.69, 9.17) is 14.4 Å². The maximum Gasteiger partial charge on any atom is 0.375 e. The van der Waals surface area contributed by atoms with Crippen LogP contribution >= 0.6 is 0 Å². The molecule has 0 atom stereocenters. The number of esters is 1. The number of para-hydroxylation sites is 1. The first kappa shape index (κ1) is 19.1. The second-order valence-corrected chi connectivity index (χ2v) is 6.06. The molecule has 0 saturated carbocycles. The van der Waals surface area contributed by atoms with Crippen LogP contribution in [-0.4, -0.2) is 25.0 Å². The zero-order valence-corrected chi connectivity index (χ0v) is 15.1. The highest BCUT2D eigenvalue weighted by molar-refractivity contribution is 5.99. The van der Waals surface area contributed by atoms with Crippen molar-refractivity contribution in [1.29, 1.82) is 5.26 Å². The standard InChI is InChI=1S/C21H17FN2O4/c1-14-17-12-15(22)8-9-18(17)28-20(14)21(26)27-13-19(25)24(11-5-10-23)16-6-3-2-4-7-16/h2-4,6-9,12H,5,11,13H2,1H3. The van der Waals surface area contributed by atoms with E-state index >= 15 is 0 Å². The van der Waals surface area contributed by atoms with Crippen LogP contribution in [0.2, 0.25) is 0 Å². The summed E-state index contributed by atoms with van der Waals surface area (Å²) in [6.07, 6.45) is 0.142. The van der Waals surface area contributed by atoms with Crippen molar-refractivity contribution < 1.29 is 23.1 Å². The van der Waals surface area contributed by atoms with Gasteiger partial charge in [-0.1, -0.05) is 18.2 Å². The van der Waals surface area contributed by atoms with Gasteiger partial charge < -0.3 is 14.1 Å². The topological polar surface area (TPSA) is 83.5 Å². The van der Waals surface area contributed by atoms with Gasteiger partial charge in [-0.25, -0.2) is 9.18 Å². The molecule has 0 aliphatic carbocycles. The van der Waals surface area contributed by atoms with Gasteiger partial charge in [-0.15, -0.1) is 0 Å². The van der Waals surface area contributed by atoms with Crippen LogP contribution in [0.4, 0.5) is 10.1 Å². The Kier molecular flexibility index (Phi) is 5.70. The molecule has 0 N–H and O–H groups in total. The Bertz CT molecular complexity index is 1050. The molecule has 0 fully saturated rings. The number of aryl methyl sites for hydroxylation is 1. The average molecular weight is 380 g/mol. The van der Waals surface area contributed by atoms with Crippen molar-refractivity contribution in [3.63, 3.8) is 0 Å². The number of halogens is 1. The van der Waals surface area contributed by atoms with Crippen molar-refractivity contribution in [3.05, 3.63) is 65.7 Å². The number of carbonyl (C=O) groups excluding carboxylic acids is 2. The van der Waals surface area contributed by atoms with Crippen LogP contribution in [0.5, 0.6) is 0 Å². The summed E-state index contributed by atoms with van der Waals surface area (Å²) in [6, 6.07) is 14.7. The molecule has 0 aliphatic rings. The number of hydrogen-bond acceptors (Lipinski definition) is 5. The molecule has 3 rings (SSSR count). The van der Waals surface area contributed by atoms with Gasteiger partial charge in [0.2, 0.25) is 5.76 Å². The molecule has 0 saturated heterocycles. The van der Waals surface area contributed by atoms with Crippen molar-refractivity contribution in [2.24, 2.45) is 0 Å². The predicted octanol–water partition coefficient (Wildman–Crippen LogP) is 3.98. The monoisotopic (exact) mass is 380 g/mol. The summed E-state index contributed by atoms with van der Waals surface area (Å²) in [5.41, 5.74) is 1.41. The molecular formula is C21H17FN2O4. The predicted molar refractivity (Wildman–Crippen MR) is 100 cm³/mol. The Labute approximate surface area is 160 Å². The van der Waals surface area contributed by atoms with Gasteiger partial charge in [-0.2, -0.15) is 5.26 Å². The van der Waals surface area contributed by atoms with Gasteiger partial charge in [0.25, 0.3) is 5.91 Å². The number of nitriles is 1. The van der Waals surface area contributed by atoms with Crippen LogP contribution < -0.4 is 4.90 Å². The molecule has 28 heavy (non-hydrogen) atoms. The van der Waals surface area contributed by atoms with Crippen molar-refractivity contribution in [2.75, 3.05) is 18.1 Å². The van der Waals surface area contributed by atoms with E-state index in [-0.39, 0.29) is 18.7 Å². The van der Waals surface area contributed by atoms with E-state index < -0.39 is 24.3 Å². The van der Waals surface area contributed by atoms with E-state index in [2.05, 4.69) is 0 Å². The van der Waals surface area contributed by atoms with Crippen LogP contribution in [0.15, 0.2) is 52.9 Å². The maximum absolute atomic E-state index is 13.4. The fraction of sp³-hybridized carbons (Fsp3) is 0.190. The number of anilines is 1. The van der Waals surface area contributed by atoms with E-state index in [9.17, 15) is 14.0 Å². The summed E-state index contributed by atoms with van der Waals surface area (Å²) >= 11 is 0. The lowest BCUT2D eigenvalue weighted by Crippen LogP contribution is -2.35. The largest absolute Gasteiger partial charge is 0.450 e. The minimum atomic E-state index is -0.809. The molecule has 6 nitrogen and oxygen atoms in total. The van der Waals surface area contributed by atoms with Gasteiger partial charge in [0.05, 0.1) is 12.5 Å². The molecule has 0 radical (unpaired) electrons. The first-order valence-corrected chi connectivity index (χ1v) is 8.59. The fourth-order valence-corrected chi connectivity index (χ4v) is 2.83. The zero-order valence-electron chi connectivity index (χ0n) is 15.1. The highest BCUT2D eigenvalue weighted by Gasteiger charge is 2.22. The van der Waals surface area contributed by atoms with E-state index in [0.29, 0.717) is 22.2 Å². The molecule has 0 aliphatic heterocycles. The van der Waals surface area contributed by atoms with Gasteiger partial charge in [-0.05, 0) is 37.3 Å². The van der Waals surface area contributed by atoms with E-state index in [1.165, 1.54) is 23.1 Å². The minimum absolute atomic E-state index is 0.0725. The summed E-state index contributed by atoms with van der Waals surface area (Å²) in [5.74, 6) is -1.79. The highest BCUT2D eigenvalue weighted by Crippen LogP contribution is 2.26.